The van der Waals surface area contributed by atoms with E-state index in [4.69, 9.17) is 14.2 Å². The van der Waals surface area contributed by atoms with Crippen molar-refractivity contribution in [1.29, 1.82) is 0 Å². The number of carbonyl (C=O) groups is 2. The van der Waals surface area contributed by atoms with Gasteiger partial charge >= 0.3 is 11.8 Å². The summed E-state index contributed by atoms with van der Waals surface area (Å²) < 4.78 is 17.5. The van der Waals surface area contributed by atoms with Gasteiger partial charge < -0.3 is 24.4 Å². The highest BCUT2D eigenvalue weighted by Crippen LogP contribution is 2.07. The van der Waals surface area contributed by atoms with Crippen LogP contribution in [0.3, 0.4) is 0 Å². The zero-order chi connectivity index (χ0) is 25.0. The first kappa shape index (κ1) is 28.4. The van der Waals surface area contributed by atoms with Crippen molar-refractivity contribution in [1.82, 2.24) is 19.8 Å². The molecule has 0 aromatic carbocycles. The largest absolute Gasteiger partial charge is 0.444 e. The second-order valence-corrected chi connectivity index (χ2v) is 8.49. The van der Waals surface area contributed by atoms with E-state index in [-0.39, 0.29) is 12.5 Å². The molecule has 11 nitrogen and oxygen atoms in total. The van der Waals surface area contributed by atoms with Crippen molar-refractivity contribution in [2.75, 3.05) is 32.8 Å². The maximum atomic E-state index is 13.0. The Morgan fingerprint density at radius 1 is 1.15 bits per heavy atom. The smallest absolute Gasteiger partial charge is 0.407 e. The molecule has 11 heteroatoms. The first-order valence-electron chi connectivity index (χ1n) is 11.2. The molecular weight excluding hydrogens is 432 g/mol. The van der Waals surface area contributed by atoms with Crippen LogP contribution in [-0.2, 0) is 25.5 Å². The monoisotopic (exact) mass is 470 g/mol. The molecule has 0 unspecified atom stereocenters. The van der Waals surface area contributed by atoms with Crippen molar-refractivity contribution in [2.45, 2.75) is 72.8 Å². The molecule has 0 atom stereocenters. The SMILES string of the molecule is CCOC(CCN(CCCNC(=O)OC(C)(C)C)C(=O)Cn1cc(C)c(=O)[nH]c1=O)OCC. The minimum atomic E-state index is -0.646. The second kappa shape index (κ2) is 13.8. The summed E-state index contributed by atoms with van der Waals surface area (Å²) in [4.78, 5) is 52.3. The summed E-state index contributed by atoms with van der Waals surface area (Å²) in [6, 6.07) is 0. The fourth-order valence-electron chi connectivity index (χ4n) is 2.97. The third-order valence-corrected chi connectivity index (χ3v) is 4.46. The van der Waals surface area contributed by atoms with E-state index in [0.717, 1.165) is 0 Å². The topological polar surface area (TPSA) is 132 Å². The first-order valence-corrected chi connectivity index (χ1v) is 11.2. The number of rotatable bonds is 13. The van der Waals surface area contributed by atoms with Crippen LogP contribution in [0.1, 0.15) is 53.0 Å². The molecule has 1 aromatic heterocycles. The third-order valence-electron chi connectivity index (χ3n) is 4.46. The predicted molar refractivity (Wildman–Crippen MR) is 123 cm³/mol. The van der Waals surface area contributed by atoms with Gasteiger partial charge in [-0.3, -0.25) is 19.1 Å². The van der Waals surface area contributed by atoms with Crippen LogP contribution in [0.5, 0.6) is 0 Å². The zero-order valence-electron chi connectivity index (χ0n) is 20.6. The fourth-order valence-corrected chi connectivity index (χ4v) is 2.97. The van der Waals surface area contributed by atoms with Gasteiger partial charge in [0.25, 0.3) is 5.56 Å². The average Bonchev–Trinajstić information content (AvgIpc) is 2.70. The molecule has 2 N–H and O–H groups in total. The molecule has 1 heterocycles. The molecular formula is C22H38N4O7. The zero-order valence-corrected chi connectivity index (χ0v) is 20.6. The molecule has 188 valence electrons. The minimum absolute atomic E-state index is 0.218. The molecule has 0 aliphatic rings. The number of nitrogens with one attached hydrogen (secondary N) is 2. The van der Waals surface area contributed by atoms with Crippen LogP contribution in [0.2, 0.25) is 0 Å². The first-order chi connectivity index (χ1) is 15.5. The lowest BCUT2D eigenvalue weighted by atomic mass is 10.2. The number of amides is 2. The van der Waals surface area contributed by atoms with Crippen LogP contribution in [0.25, 0.3) is 0 Å². The van der Waals surface area contributed by atoms with Gasteiger partial charge in [-0.1, -0.05) is 0 Å². The standard InChI is InChI=1S/C22H38N4O7/c1-7-31-18(32-8-2)10-13-25(12-9-11-23-21(30)33-22(4,5)6)17(27)15-26-14-16(3)19(28)24-20(26)29/h14,18H,7-13,15H2,1-6H3,(H,23,30)(H,24,28,29). The Hall–Kier alpha value is -2.66. The Labute approximate surface area is 194 Å². The van der Waals surface area contributed by atoms with Crippen LogP contribution in [0, 0.1) is 6.92 Å². The van der Waals surface area contributed by atoms with E-state index in [9.17, 15) is 19.2 Å². The maximum Gasteiger partial charge on any atom is 0.407 e. The van der Waals surface area contributed by atoms with Gasteiger partial charge in [0.2, 0.25) is 5.91 Å². The summed E-state index contributed by atoms with van der Waals surface area (Å²) in [5, 5.41) is 2.67. The Kier molecular flexibility index (Phi) is 11.9. The normalized spacial score (nSPS) is 11.5. The molecule has 2 amide bonds. The van der Waals surface area contributed by atoms with Crippen molar-refractivity contribution < 1.29 is 23.8 Å². The minimum Gasteiger partial charge on any atom is -0.444 e. The highest BCUT2D eigenvalue weighted by molar-refractivity contribution is 5.76. The number of hydrogen-bond donors (Lipinski definition) is 2. The van der Waals surface area contributed by atoms with E-state index in [1.54, 1.807) is 32.6 Å². The molecule has 0 fully saturated rings. The van der Waals surface area contributed by atoms with Crippen molar-refractivity contribution in [2.24, 2.45) is 0 Å². The van der Waals surface area contributed by atoms with E-state index >= 15 is 0 Å². The van der Waals surface area contributed by atoms with E-state index in [0.29, 0.717) is 51.3 Å². The number of aromatic amines is 1. The molecule has 0 bridgehead atoms. The Morgan fingerprint density at radius 3 is 2.36 bits per heavy atom. The second-order valence-electron chi connectivity index (χ2n) is 8.49. The van der Waals surface area contributed by atoms with Crippen LogP contribution in [-0.4, -0.2) is 71.2 Å². The lowest BCUT2D eigenvalue weighted by molar-refractivity contribution is -0.146. The third kappa shape index (κ3) is 11.2. The summed E-state index contributed by atoms with van der Waals surface area (Å²) in [6.07, 6.45) is 1.33. The number of nitrogens with zero attached hydrogens (tertiary/aromatic N) is 2. The number of aromatic nitrogens is 2. The summed E-state index contributed by atoms with van der Waals surface area (Å²) in [7, 11) is 0. The van der Waals surface area contributed by atoms with E-state index in [1.165, 1.54) is 10.8 Å². The number of hydrogen-bond acceptors (Lipinski definition) is 7. The Bertz CT molecular complexity index is 867. The highest BCUT2D eigenvalue weighted by atomic mass is 16.7. The van der Waals surface area contributed by atoms with Crippen molar-refractivity contribution in [3.63, 3.8) is 0 Å². The van der Waals surface area contributed by atoms with Gasteiger partial charge in [-0.2, -0.15) is 0 Å². The molecule has 0 radical (unpaired) electrons. The average molecular weight is 471 g/mol. The molecule has 0 aliphatic carbocycles. The van der Waals surface area contributed by atoms with Gasteiger partial charge in [0.15, 0.2) is 6.29 Å². The van der Waals surface area contributed by atoms with Gasteiger partial charge in [-0.05, 0) is 48.0 Å². The molecule has 0 saturated heterocycles. The summed E-state index contributed by atoms with van der Waals surface area (Å²) in [6.45, 7) is 12.4. The molecule has 0 saturated carbocycles. The van der Waals surface area contributed by atoms with E-state index in [2.05, 4.69) is 10.3 Å². The molecule has 0 spiro atoms. The van der Waals surface area contributed by atoms with Crippen LogP contribution in [0.4, 0.5) is 4.79 Å². The number of carbonyl (C=O) groups excluding carboxylic acids is 2. The van der Waals surface area contributed by atoms with Gasteiger partial charge in [0, 0.05) is 51.0 Å². The fraction of sp³-hybridized carbons (Fsp3) is 0.727. The quantitative estimate of drug-likeness (QED) is 0.329. The van der Waals surface area contributed by atoms with Crippen molar-refractivity contribution in [3.8, 4) is 0 Å². The van der Waals surface area contributed by atoms with Crippen LogP contribution >= 0.6 is 0 Å². The molecule has 1 aromatic rings. The predicted octanol–water partition coefficient (Wildman–Crippen LogP) is 1.38. The Balaban J connectivity index is 2.80. The lowest BCUT2D eigenvalue weighted by Crippen LogP contribution is -2.41. The Morgan fingerprint density at radius 2 is 1.79 bits per heavy atom. The van der Waals surface area contributed by atoms with Crippen LogP contribution in [0.15, 0.2) is 15.8 Å². The summed E-state index contributed by atoms with van der Waals surface area (Å²) >= 11 is 0. The van der Waals surface area contributed by atoms with Gasteiger partial charge in [-0.15, -0.1) is 0 Å². The number of alkyl carbamates (subject to hydrolysis) is 1. The van der Waals surface area contributed by atoms with E-state index < -0.39 is 29.2 Å². The van der Waals surface area contributed by atoms with Gasteiger partial charge in [0.1, 0.15) is 12.1 Å². The number of H-pyrrole nitrogens is 1. The lowest BCUT2D eigenvalue weighted by Gasteiger charge is -2.26. The summed E-state index contributed by atoms with van der Waals surface area (Å²) in [5.41, 5.74) is -1.39. The highest BCUT2D eigenvalue weighted by Gasteiger charge is 2.19. The van der Waals surface area contributed by atoms with E-state index in [1.807, 2.05) is 13.8 Å². The molecule has 0 aliphatic heterocycles. The van der Waals surface area contributed by atoms with Crippen LogP contribution < -0.4 is 16.6 Å². The maximum absolute atomic E-state index is 13.0. The number of aryl methyl sites for hydroxylation is 1. The van der Waals surface area contributed by atoms with Gasteiger partial charge in [0.05, 0.1) is 0 Å². The molecule has 33 heavy (non-hydrogen) atoms. The van der Waals surface area contributed by atoms with Crippen molar-refractivity contribution >= 4 is 12.0 Å². The van der Waals surface area contributed by atoms with Gasteiger partial charge in [-0.25, -0.2) is 9.59 Å². The van der Waals surface area contributed by atoms with Crippen molar-refractivity contribution in [3.05, 3.63) is 32.6 Å². The summed E-state index contributed by atoms with van der Waals surface area (Å²) in [5.74, 6) is -0.299. The number of ether oxygens (including phenoxy) is 3. The molecule has 1 rings (SSSR count).